The second-order valence-electron chi connectivity index (χ2n) is 4.43. The number of hydrogen-bond acceptors (Lipinski definition) is 1. The van der Waals surface area contributed by atoms with Crippen LogP contribution in [0.2, 0.25) is 0 Å². The second-order valence-corrected chi connectivity index (χ2v) is 4.43. The minimum Gasteiger partial charge on any atom is -0.542 e. The van der Waals surface area contributed by atoms with Crippen LogP contribution in [0.1, 0.15) is 84.0 Å². The molecule has 0 amide bonds. The standard InChI is InChI=1S/C14H27O.Cu/c1-2-3-4-5-6-7-8-9-10-11-12-13-14-15;/h2-13H2,1H3;/q-1;+1. The largest absolute Gasteiger partial charge is 1.00 e. The van der Waals surface area contributed by atoms with Gasteiger partial charge < -0.3 is 4.79 Å². The summed E-state index contributed by atoms with van der Waals surface area (Å²) < 4.78 is 0. The molecule has 0 aliphatic heterocycles. The Morgan fingerprint density at radius 1 is 0.688 bits per heavy atom. The van der Waals surface area contributed by atoms with Crippen LogP contribution in [-0.2, 0) is 21.9 Å². The maximum atomic E-state index is 9.94. The van der Waals surface area contributed by atoms with Crippen LogP contribution in [-0.4, -0.2) is 6.29 Å². The van der Waals surface area contributed by atoms with Crippen LogP contribution in [0, 0.1) is 0 Å². The van der Waals surface area contributed by atoms with Crippen LogP contribution in [0.15, 0.2) is 0 Å². The minimum atomic E-state index is 0. The zero-order chi connectivity index (χ0) is 11.2. The minimum absolute atomic E-state index is 0. The van der Waals surface area contributed by atoms with Crippen molar-refractivity contribution in [1.82, 2.24) is 0 Å². The van der Waals surface area contributed by atoms with Crippen LogP contribution >= 0.6 is 0 Å². The van der Waals surface area contributed by atoms with Crippen molar-refractivity contribution in [3.8, 4) is 0 Å². The van der Waals surface area contributed by atoms with E-state index in [0.29, 0.717) is 6.42 Å². The molecule has 0 saturated heterocycles. The Bertz CT molecular complexity index is 126. The SMILES string of the molecule is CCCCCCCCCCCCC[C-]=O.[Cu+]. The third kappa shape index (κ3) is 16.6. The van der Waals surface area contributed by atoms with E-state index in [-0.39, 0.29) is 17.1 Å². The van der Waals surface area contributed by atoms with Gasteiger partial charge in [-0.1, -0.05) is 77.6 Å². The predicted octanol–water partition coefficient (Wildman–Crippen LogP) is 4.79. The molecule has 0 aliphatic rings. The average molecular weight is 275 g/mol. The molecule has 0 bridgehead atoms. The fourth-order valence-electron chi connectivity index (χ4n) is 1.86. The fourth-order valence-corrected chi connectivity index (χ4v) is 1.86. The summed E-state index contributed by atoms with van der Waals surface area (Å²) in [7, 11) is 0. The summed E-state index contributed by atoms with van der Waals surface area (Å²) in [5.74, 6) is 0. The van der Waals surface area contributed by atoms with Crippen molar-refractivity contribution in [3.63, 3.8) is 0 Å². The van der Waals surface area contributed by atoms with E-state index in [1.165, 1.54) is 64.2 Å². The molecule has 0 atom stereocenters. The van der Waals surface area contributed by atoms with Crippen molar-refractivity contribution in [3.05, 3.63) is 0 Å². The van der Waals surface area contributed by atoms with Crippen molar-refractivity contribution >= 4 is 6.29 Å². The Morgan fingerprint density at radius 3 is 1.44 bits per heavy atom. The van der Waals surface area contributed by atoms with E-state index >= 15 is 0 Å². The molecule has 0 rings (SSSR count). The van der Waals surface area contributed by atoms with Gasteiger partial charge >= 0.3 is 17.1 Å². The summed E-state index contributed by atoms with van der Waals surface area (Å²) in [4.78, 5) is 9.94. The molecule has 0 aliphatic carbocycles. The molecule has 0 aromatic carbocycles. The molecular weight excluding hydrogens is 248 g/mol. The van der Waals surface area contributed by atoms with Gasteiger partial charge in [0, 0.05) is 0 Å². The Labute approximate surface area is 112 Å². The van der Waals surface area contributed by atoms with Crippen molar-refractivity contribution < 1.29 is 21.9 Å². The summed E-state index contributed by atoms with van der Waals surface area (Å²) >= 11 is 0. The normalized spacial score (nSPS) is 9.81. The second kappa shape index (κ2) is 17.6. The number of rotatable bonds is 12. The molecule has 0 fully saturated rings. The summed E-state index contributed by atoms with van der Waals surface area (Å²) in [6.07, 6.45) is 17.3. The van der Waals surface area contributed by atoms with Crippen LogP contribution in [0.3, 0.4) is 0 Å². The molecule has 0 aromatic rings. The molecule has 0 N–H and O–H groups in total. The monoisotopic (exact) mass is 274 g/mol. The van der Waals surface area contributed by atoms with E-state index in [0.717, 1.165) is 6.42 Å². The van der Waals surface area contributed by atoms with Gasteiger partial charge in [0.05, 0.1) is 0 Å². The smallest absolute Gasteiger partial charge is 0.542 e. The first-order valence-corrected chi connectivity index (χ1v) is 6.76. The zero-order valence-electron chi connectivity index (χ0n) is 10.7. The molecule has 0 heterocycles. The van der Waals surface area contributed by atoms with Gasteiger partial charge in [-0.2, -0.15) is 6.42 Å². The molecule has 100 valence electrons. The van der Waals surface area contributed by atoms with E-state index in [1.54, 1.807) is 0 Å². The Balaban J connectivity index is 0. The number of hydrogen-bond donors (Lipinski definition) is 0. The topological polar surface area (TPSA) is 17.1 Å². The quantitative estimate of drug-likeness (QED) is 0.284. The van der Waals surface area contributed by atoms with Gasteiger partial charge in [-0.25, -0.2) is 0 Å². The third-order valence-electron chi connectivity index (χ3n) is 2.88. The molecule has 0 aromatic heterocycles. The van der Waals surface area contributed by atoms with Crippen LogP contribution in [0.4, 0.5) is 0 Å². The molecule has 0 unspecified atom stereocenters. The van der Waals surface area contributed by atoms with E-state index in [2.05, 4.69) is 6.92 Å². The predicted molar refractivity (Wildman–Crippen MR) is 66.8 cm³/mol. The number of carbonyl (C=O) groups excluding carboxylic acids is 1. The summed E-state index contributed by atoms with van der Waals surface area (Å²) in [6.45, 7) is 2.26. The van der Waals surface area contributed by atoms with Crippen LogP contribution in [0.25, 0.3) is 0 Å². The molecular formula is C14H27CuO. The summed E-state index contributed by atoms with van der Waals surface area (Å²) in [5.41, 5.74) is 0. The van der Waals surface area contributed by atoms with Crippen molar-refractivity contribution in [2.45, 2.75) is 84.0 Å². The van der Waals surface area contributed by atoms with E-state index < -0.39 is 0 Å². The average Bonchev–Trinajstić information content (AvgIpc) is 2.26. The van der Waals surface area contributed by atoms with Gasteiger partial charge in [-0.15, -0.1) is 0 Å². The first-order chi connectivity index (χ1) is 7.41. The molecule has 2 heteroatoms. The van der Waals surface area contributed by atoms with Gasteiger partial charge in [0.1, 0.15) is 0 Å². The van der Waals surface area contributed by atoms with Gasteiger partial charge in [0.2, 0.25) is 0 Å². The fraction of sp³-hybridized carbons (Fsp3) is 0.929. The molecule has 0 saturated carbocycles. The van der Waals surface area contributed by atoms with Crippen molar-refractivity contribution in [1.29, 1.82) is 0 Å². The molecule has 0 spiro atoms. The number of unbranched alkanes of at least 4 members (excludes halogenated alkanes) is 11. The first-order valence-electron chi connectivity index (χ1n) is 6.76. The van der Waals surface area contributed by atoms with Crippen LogP contribution in [0.5, 0.6) is 0 Å². The van der Waals surface area contributed by atoms with Gasteiger partial charge in [-0.3, -0.25) is 6.29 Å². The van der Waals surface area contributed by atoms with Crippen molar-refractivity contribution in [2.75, 3.05) is 0 Å². The zero-order valence-corrected chi connectivity index (χ0v) is 11.6. The Kier molecular flexibility index (Phi) is 20.4. The van der Waals surface area contributed by atoms with Gasteiger partial charge in [0.15, 0.2) is 0 Å². The van der Waals surface area contributed by atoms with E-state index in [1.807, 2.05) is 6.29 Å². The molecule has 0 radical (unpaired) electrons. The first kappa shape index (κ1) is 18.6. The van der Waals surface area contributed by atoms with E-state index in [4.69, 9.17) is 0 Å². The third-order valence-corrected chi connectivity index (χ3v) is 2.88. The van der Waals surface area contributed by atoms with Gasteiger partial charge in [0.25, 0.3) is 0 Å². The van der Waals surface area contributed by atoms with Crippen molar-refractivity contribution in [2.24, 2.45) is 0 Å². The van der Waals surface area contributed by atoms with Crippen LogP contribution < -0.4 is 0 Å². The maximum absolute atomic E-state index is 9.94. The van der Waals surface area contributed by atoms with Gasteiger partial charge in [-0.05, 0) is 0 Å². The maximum Gasteiger partial charge on any atom is 1.00 e. The Morgan fingerprint density at radius 2 is 1.06 bits per heavy atom. The summed E-state index contributed by atoms with van der Waals surface area (Å²) in [6, 6.07) is 0. The Hall–Kier alpha value is 0.189. The molecule has 1 nitrogen and oxygen atoms in total. The molecule has 16 heavy (non-hydrogen) atoms. The van der Waals surface area contributed by atoms with E-state index in [9.17, 15) is 4.79 Å². The summed E-state index contributed by atoms with van der Waals surface area (Å²) in [5, 5.41) is 0.